The predicted octanol–water partition coefficient (Wildman–Crippen LogP) is 2.44. The third-order valence-corrected chi connectivity index (χ3v) is 7.51. The van der Waals surface area contributed by atoms with E-state index in [1.807, 2.05) is 48.5 Å². The predicted molar refractivity (Wildman–Crippen MR) is 100 cm³/mol. The highest BCUT2D eigenvalue weighted by Crippen LogP contribution is 2.49. The SMILES string of the molecule is COCCN1CC[C@]2(C1)c1ccccc1S(=O)(=O)N2Cc1ccccc1. The van der Waals surface area contributed by atoms with Crippen LogP contribution in [0.3, 0.4) is 0 Å². The fourth-order valence-electron chi connectivity index (χ4n) is 4.25. The smallest absolute Gasteiger partial charge is 0.244 e. The zero-order valence-electron chi connectivity index (χ0n) is 15.0. The molecule has 4 rings (SSSR count). The summed E-state index contributed by atoms with van der Waals surface area (Å²) in [5.74, 6) is 0. The van der Waals surface area contributed by atoms with Crippen LogP contribution in [0, 0.1) is 0 Å². The first-order chi connectivity index (χ1) is 12.6. The molecule has 2 aromatic carbocycles. The second kappa shape index (κ2) is 6.78. The van der Waals surface area contributed by atoms with E-state index in [0.29, 0.717) is 24.6 Å². The molecule has 2 aliphatic heterocycles. The van der Waals surface area contributed by atoms with E-state index >= 15 is 0 Å². The summed E-state index contributed by atoms with van der Waals surface area (Å²) in [5, 5.41) is 0. The molecular weight excluding hydrogens is 348 g/mol. The van der Waals surface area contributed by atoms with E-state index in [1.54, 1.807) is 17.5 Å². The Labute approximate surface area is 155 Å². The van der Waals surface area contributed by atoms with Gasteiger partial charge in [0.15, 0.2) is 0 Å². The molecule has 2 aliphatic rings. The third-order valence-electron chi connectivity index (χ3n) is 5.54. The average molecular weight is 372 g/mol. The van der Waals surface area contributed by atoms with Crippen molar-refractivity contribution in [3.05, 3.63) is 65.7 Å². The molecule has 1 fully saturated rings. The topological polar surface area (TPSA) is 49.9 Å². The van der Waals surface area contributed by atoms with E-state index in [2.05, 4.69) is 4.90 Å². The summed E-state index contributed by atoms with van der Waals surface area (Å²) in [4.78, 5) is 2.77. The van der Waals surface area contributed by atoms with Crippen LogP contribution in [0.5, 0.6) is 0 Å². The number of hydrogen-bond donors (Lipinski definition) is 0. The van der Waals surface area contributed by atoms with E-state index in [9.17, 15) is 8.42 Å². The van der Waals surface area contributed by atoms with Crippen LogP contribution in [0.2, 0.25) is 0 Å². The summed E-state index contributed by atoms with van der Waals surface area (Å²) in [6, 6.07) is 17.3. The van der Waals surface area contributed by atoms with Crippen molar-refractivity contribution < 1.29 is 13.2 Å². The highest BCUT2D eigenvalue weighted by molar-refractivity contribution is 7.89. The minimum atomic E-state index is -3.50. The van der Waals surface area contributed by atoms with Crippen molar-refractivity contribution >= 4 is 10.0 Å². The van der Waals surface area contributed by atoms with E-state index in [1.165, 1.54) is 0 Å². The Balaban J connectivity index is 1.76. The Morgan fingerprint density at radius 3 is 2.58 bits per heavy atom. The maximum atomic E-state index is 13.4. The third kappa shape index (κ3) is 2.77. The molecule has 0 aromatic heterocycles. The molecule has 0 amide bonds. The molecule has 0 bridgehead atoms. The molecule has 5 nitrogen and oxygen atoms in total. The van der Waals surface area contributed by atoms with E-state index in [0.717, 1.165) is 30.6 Å². The second-order valence-corrected chi connectivity index (χ2v) is 8.87. The minimum Gasteiger partial charge on any atom is -0.383 e. The Bertz CT molecular complexity index is 885. The van der Waals surface area contributed by atoms with Gasteiger partial charge in [-0.25, -0.2) is 8.42 Å². The van der Waals surface area contributed by atoms with Gasteiger partial charge in [0.1, 0.15) is 0 Å². The summed E-state index contributed by atoms with van der Waals surface area (Å²) in [6.07, 6.45) is 0.805. The van der Waals surface area contributed by atoms with Gasteiger partial charge in [-0.1, -0.05) is 48.5 Å². The van der Waals surface area contributed by atoms with Gasteiger partial charge in [0.25, 0.3) is 0 Å². The van der Waals surface area contributed by atoms with Gasteiger partial charge >= 0.3 is 0 Å². The number of methoxy groups -OCH3 is 1. The quantitative estimate of drug-likeness (QED) is 0.809. The first-order valence-electron chi connectivity index (χ1n) is 8.95. The van der Waals surface area contributed by atoms with E-state index in [4.69, 9.17) is 4.74 Å². The van der Waals surface area contributed by atoms with Gasteiger partial charge in [-0.15, -0.1) is 0 Å². The first-order valence-corrected chi connectivity index (χ1v) is 10.4. The maximum absolute atomic E-state index is 13.4. The highest BCUT2D eigenvalue weighted by atomic mass is 32.2. The molecule has 0 saturated carbocycles. The Morgan fingerprint density at radius 2 is 1.81 bits per heavy atom. The van der Waals surface area contributed by atoms with Crippen LogP contribution < -0.4 is 0 Å². The van der Waals surface area contributed by atoms with Gasteiger partial charge in [0, 0.05) is 33.3 Å². The van der Waals surface area contributed by atoms with Crippen LogP contribution in [-0.4, -0.2) is 51.0 Å². The van der Waals surface area contributed by atoms with Crippen LogP contribution in [0.4, 0.5) is 0 Å². The van der Waals surface area contributed by atoms with Gasteiger partial charge in [-0.3, -0.25) is 4.90 Å². The number of sulfonamides is 1. The average Bonchev–Trinajstić information content (AvgIpc) is 3.16. The van der Waals surface area contributed by atoms with Crippen molar-refractivity contribution in [3.8, 4) is 0 Å². The van der Waals surface area contributed by atoms with Gasteiger partial charge in [-0.05, 0) is 23.6 Å². The molecule has 1 atom stereocenters. The Morgan fingerprint density at radius 1 is 1.08 bits per heavy atom. The molecule has 2 aromatic rings. The monoisotopic (exact) mass is 372 g/mol. The van der Waals surface area contributed by atoms with Crippen LogP contribution in [-0.2, 0) is 26.8 Å². The highest BCUT2D eigenvalue weighted by Gasteiger charge is 2.56. The largest absolute Gasteiger partial charge is 0.383 e. The summed E-state index contributed by atoms with van der Waals surface area (Å²) in [5.41, 5.74) is 1.47. The lowest BCUT2D eigenvalue weighted by Gasteiger charge is -2.34. The summed E-state index contributed by atoms with van der Waals surface area (Å²) < 4.78 is 33.6. The van der Waals surface area contributed by atoms with Gasteiger partial charge < -0.3 is 4.74 Å². The van der Waals surface area contributed by atoms with Gasteiger partial charge in [0.2, 0.25) is 10.0 Å². The van der Waals surface area contributed by atoms with Gasteiger partial charge in [0.05, 0.1) is 17.0 Å². The van der Waals surface area contributed by atoms with Crippen molar-refractivity contribution in [2.45, 2.75) is 23.4 Å². The number of ether oxygens (including phenoxy) is 1. The molecule has 6 heteroatoms. The van der Waals surface area contributed by atoms with Crippen molar-refractivity contribution in [1.29, 1.82) is 0 Å². The molecule has 0 unspecified atom stereocenters. The van der Waals surface area contributed by atoms with E-state index < -0.39 is 15.6 Å². The molecule has 2 heterocycles. The minimum absolute atomic E-state index is 0.399. The van der Waals surface area contributed by atoms with Crippen LogP contribution in [0.15, 0.2) is 59.5 Å². The molecule has 0 aliphatic carbocycles. The fraction of sp³-hybridized carbons (Fsp3) is 0.400. The lowest BCUT2D eigenvalue weighted by atomic mass is 9.88. The number of hydrogen-bond acceptors (Lipinski definition) is 4. The molecule has 138 valence electrons. The molecule has 1 spiro atoms. The van der Waals surface area contributed by atoms with Crippen LogP contribution >= 0.6 is 0 Å². The summed E-state index contributed by atoms with van der Waals surface area (Å²) in [6.45, 7) is 3.46. The number of fused-ring (bicyclic) bond motifs is 2. The fourth-order valence-corrected chi connectivity index (χ4v) is 6.30. The van der Waals surface area contributed by atoms with Crippen molar-refractivity contribution in [3.63, 3.8) is 0 Å². The second-order valence-electron chi connectivity index (χ2n) is 7.04. The summed E-state index contributed by atoms with van der Waals surface area (Å²) >= 11 is 0. The molecule has 0 radical (unpaired) electrons. The first kappa shape index (κ1) is 17.7. The van der Waals surface area contributed by atoms with Crippen LogP contribution in [0.1, 0.15) is 17.5 Å². The molecule has 1 saturated heterocycles. The maximum Gasteiger partial charge on any atom is 0.244 e. The summed E-state index contributed by atoms with van der Waals surface area (Å²) in [7, 11) is -1.81. The number of benzene rings is 2. The van der Waals surface area contributed by atoms with Crippen molar-refractivity contribution in [1.82, 2.24) is 9.21 Å². The zero-order valence-corrected chi connectivity index (χ0v) is 15.8. The Kier molecular flexibility index (Phi) is 4.61. The lowest BCUT2D eigenvalue weighted by Crippen LogP contribution is -2.45. The van der Waals surface area contributed by atoms with E-state index in [-0.39, 0.29) is 0 Å². The van der Waals surface area contributed by atoms with Crippen LogP contribution in [0.25, 0.3) is 0 Å². The normalized spacial score (nSPS) is 25.0. The standard InChI is InChI=1S/C20H24N2O3S/c1-25-14-13-21-12-11-20(16-21)18-9-5-6-10-19(18)26(23,24)22(20)15-17-7-3-2-4-8-17/h2-10H,11-16H2,1H3/t20-/m0/s1. The van der Waals surface area contributed by atoms with Gasteiger partial charge in [-0.2, -0.15) is 4.31 Å². The van der Waals surface area contributed by atoms with Crippen molar-refractivity contribution in [2.24, 2.45) is 0 Å². The molecular formula is C20H24N2O3S. The van der Waals surface area contributed by atoms with Crippen molar-refractivity contribution in [2.75, 3.05) is 33.4 Å². The Hall–Kier alpha value is -1.73. The zero-order chi connectivity index (χ0) is 18.2. The number of likely N-dealkylation sites (tertiary alicyclic amines) is 1. The molecule has 0 N–H and O–H groups in total. The molecule has 26 heavy (non-hydrogen) atoms. The number of nitrogens with zero attached hydrogens (tertiary/aromatic N) is 2. The lowest BCUT2D eigenvalue weighted by molar-refractivity contribution is 0.142. The number of rotatable bonds is 5.